The number of carbonyl (C=O) groups excluding carboxylic acids is 1. The number of unbranched alkanes of at least 4 members (excludes halogenated alkanes) is 3. The fourth-order valence-corrected chi connectivity index (χ4v) is 1.75. The van der Waals surface area contributed by atoms with Gasteiger partial charge in [0.1, 0.15) is 5.76 Å². The van der Waals surface area contributed by atoms with Gasteiger partial charge in [0.25, 0.3) is 0 Å². The van der Waals surface area contributed by atoms with E-state index in [1.54, 1.807) is 12.3 Å². The molecule has 0 N–H and O–H groups in total. The molecular formula is C14H20O2. The largest absolute Gasteiger partial charge is 0.469 e. The van der Waals surface area contributed by atoms with E-state index in [4.69, 9.17) is 4.42 Å². The van der Waals surface area contributed by atoms with Crippen molar-refractivity contribution in [2.45, 2.75) is 45.4 Å². The van der Waals surface area contributed by atoms with Gasteiger partial charge in [-0.25, -0.2) is 0 Å². The molecule has 0 bridgehead atoms. The maximum Gasteiger partial charge on any atom is 0.166 e. The van der Waals surface area contributed by atoms with Crippen molar-refractivity contribution >= 4 is 5.78 Å². The number of rotatable bonds is 8. The first-order chi connectivity index (χ1) is 7.79. The van der Waals surface area contributed by atoms with Gasteiger partial charge < -0.3 is 4.42 Å². The highest BCUT2D eigenvalue weighted by Gasteiger charge is 2.12. The molecule has 2 heteroatoms. The van der Waals surface area contributed by atoms with Crippen molar-refractivity contribution in [2.24, 2.45) is 0 Å². The molecule has 0 aliphatic carbocycles. The van der Waals surface area contributed by atoms with Gasteiger partial charge in [-0.1, -0.05) is 19.4 Å². The number of allylic oxidation sites excluding steroid dienone is 1. The summed E-state index contributed by atoms with van der Waals surface area (Å²) in [5.74, 6) is 1.03. The van der Waals surface area contributed by atoms with E-state index in [1.807, 2.05) is 13.0 Å². The van der Waals surface area contributed by atoms with Crippen LogP contribution in [-0.4, -0.2) is 5.78 Å². The third kappa shape index (κ3) is 3.69. The lowest BCUT2D eigenvalue weighted by atomic mass is 10.0. The summed E-state index contributed by atoms with van der Waals surface area (Å²) < 4.78 is 5.25. The van der Waals surface area contributed by atoms with Crippen molar-refractivity contribution < 1.29 is 9.21 Å². The minimum atomic E-state index is 0.212. The van der Waals surface area contributed by atoms with Gasteiger partial charge in [-0.05, 0) is 25.3 Å². The predicted octanol–water partition coefficient (Wildman–Crippen LogP) is 4.16. The molecule has 2 nitrogen and oxygen atoms in total. The van der Waals surface area contributed by atoms with Crippen LogP contribution in [0.25, 0.3) is 0 Å². The summed E-state index contributed by atoms with van der Waals surface area (Å²) in [5, 5.41) is 0. The first-order valence-corrected chi connectivity index (χ1v) is 6.00. The maximum atomic E-state index is 11.8. The molecule has 0 spiro atoms. The number of hydrogen-bond acceptors (Lipinski definition) is 2. The van der Waals surface area contributed by atoms with Crippen LogP contribution in [0, 0.1) is 0 Å². The highest BCUT2D eigenvalue weighted by atomic mass is 16.3. The van der Waals surface area contributed by atoms with E-state index in [2.05, 4.69) is 6.58 Å². The smallest absolute Gasteiger partial charge is 0.166 e. The van der Waals surface area contributed by atoms with Gasteiger partial charge in [-0.2, -0.15) is 0 Å². The Labute approximate surface area is 97.3 Å². The topological polar surface area (TPSA) is 30.2 Å². The van der Waals surface area contributed by atoms with Gasteiger partial charge in [0, 0.05) is 12.8 Å². The summed E-state index contributed by atoms with van der Waals surface area (Å²) in [6, 6.07) is 1.78. The third-order valence-electron chi connectivity index (χ3n) is 2.68. The average Bonchev–Trinajstić information content (AvgIpc) is 2.76. The Morgan fingerprint density at radius 1 is 1.44 bits per heavy atom. The first-order valence-electron chi connectivity index (χ1n) is 6.00. The Hall–Kier alpha value is -1.31. The molecular weight excluding hydrogens is 200 g/mol. The quantitative estimate of drug-likeness (QED) is 0.374. The van der Waals surface area contributed by atoms with Crippen LogP contribution in [0.2, 0.25) is 0 Å². The minimum absolute atomic E-state index is 0.212. The normalized spacial score (nSPS) is 10.3. The highest BCUT2D eigenvalue weighted by Crippen LogP contribution is 2.15. The Morgan fingerprint density at radius 2 is 2.25 bits per heavy atom. The van der Waals surface area contributed by atoms with E-state index < -0.39 is 0 Å². The lowest BCUT2D eigenvalue weighted by Gasteiger charge is -2.00. The number of furan rings is 1. The third-order valence-corrected chi connectivity index (χ3v) is 2.68. The van der Waals surface area contributed by atoms with Gasteiger partial charge in [0.15, 0.2) is 5.78 Å². The summed E-state index contributed by atoms with van der Waals surface area (Å²) in [6.45, 7) is 5.68. The monoisotopic (exact) mass is 220 g/mol. The molecule has 1 aromatic rings. The van der Waals surface area contributed by atoms with Crippen molar-refractivity contribution in [1.29, 1.82) is 0 Å². The number of aryl methyl sites for hydroxylation is 1. The van der Waals surface area contributed by atoms with Crippen molar-refractivity contribution in [2.75, 3.05) is 0 Å². The summed E-state index contributed by atoms with van der Waals surface area (Å²) in [4.78, 5) is 11.8. The lowest BCUT2D eigenvalue weighted by Crippen LogP contribution is -2.00. The zero-order valence-corrected chi connectivity index (χ0v) is 10.00. The molecule has 0 atom stereocenters. The molecule has 1 rings (SSSR count). The Kier molecular flexibility index (Phi) is 5.62. The van der Waals surface area contributed by atoms with Crippen LogP contribution in [-0.2, 0) is 6.42 Å². The zero-order chi connectivity index (χ0) is 11.8. The molecule has 0 saturated carbocycles. The fraction of sp³-hybridized carbons (Fsp3) is 0.500. The molecule has 0 amide bonds. The molecule has 88 valence electrons. The molecule has 1 aromatic heterocycles. The summed E-state index contributed by atoms with van der Waals surface area (Å²) in [6.07, 6.45) is 9.16. The number of ketones is 1. The summed E-state index contributed by atoms with van der Waals surface area (Å²) in [5.41, 5.74) is 0.770. The average molecular weight is 220 g/mol. The van der Waals surface area contributed by atoms with E-state index in [-0.39, 0.29) is 5.78 Å². The van der Waals surface area contributed by atoms with E-state index in [1.165, 1.54) is 0 Å². The SMILES string of the molecule is C=CCCCCCC(=O)c1ccoc1CC. The maximum absolute atomic E-state index is 11.8. The van der Waals surface area contributed by atoms with Crippen molar-refractivity contribution in [3.05, 3.63) is 36.3 Å². The molecule has 0 saturated heterocycles. The van der Waals surface area contributed by atoms with Crippen molar-refractivity contribution in [1.82, 2.24) is 0 Å². The lowest BCUT2D eigenvalue weighted by molar-refractivity contribution is 0.0977. The van der Waals surface area contributed by atoms with E-state index in [0.717, 1.165) is 43.4 Å². The number of hydrogen-bond donors (Lipinski definition) is 0. The zero-order valence-electron chi connectivity index (χ0n) is 10.00. The Balaban J connectivity index is 2.32. The molecule has 1 heterocycles. The van der Waals surface area contributed by atoms with Crippen LogP contribution in [0.5, 0.6) is 0 Å². The van der Waals surface area contributed by atoms with Gasteiger partial charge in [0.2, 0.25) is 0 Å². The summed E-state index contributed by atoms with van der Waals surface area (Å²) in [7, 11) is 0. The van der Waals surface area contributed by atoms with Crippen LogP contribution < -0.4 is 0 Å². The molecule has 16 heavy (non-hydrogen) atoms. The van der Waals surface area contributed by atoms with E-state index in [0.29, 0.717) is 6.42 Å². The molecule has 0 unspecified atom stereocenters. The van der Waals surface area contributed by atoms with Gasteiger partial charge in [-0.3, -0.25) is 4.79 Å². The molecule has 0 fully saturated rings. The molecule has 0 aliphatic heterocycles. The molecule has 0 radical (unpaired) electrons. The fourth-order valence-electron chi connectivity index (χ4n) is 1.75. The summed E-state index contributed by atoms with van der Waals surface area (Å²) >= 11 is 0. The second-order valence-electron chi connectivity index (χ2n) is 3.92. The second-order valence-corrected chi connectivity index (χ2v) is 3.92. The number of carbonyl (C=O) groups is 1. The van der Waals surface area contributed by atoms with Crippen LogP contribution in [0.1, 0.15) is 55.1 Å². The number of Topliss-reactive ketones (excluding diaryl/α,β-unsaturated/α-hetero) is 1. The van der Waals surface area contributed by atoms with Crippen LogP contribution in [0.15, 0.2) is 29.4 Å². The first kappa shape index (κ1) is 12.8. The second kappa shape index (κ2) is 7.04. The van der Waals surface area contributed by atoms with Gasteiger partial charge in [0.05, 0.1) is 11.8 Å². The van der Waals surface area contributed by atoms with Crippen molar-refractivity contribution in [3.63, 3.8) is 0 Å². The van der Waals surface area contributed by atoms with E-state index >= 15 is 0 Å². The standard InChI is InChI=1S/C14H20O2/c1-3-5-6-7-8-9-13(15)12-10-11-16-14(12)4-2/h3,10-11H,1,4-9H2,2H3. The van der Waals surface area contributed by atoms with Crippen LogP contribution in [0.3, 0.4) is 0 Å². The molecule has 0 aromatic carbocycles. The van der Waals surface area contributed by atoms with E-state index in [9.17, 15) is 4.79 Å². The Morgan fingerprint density at radius 3 is 2.94 bits per heavy atom. The highest BCUT2D eigenvalue weighted by molar-refractivity contribution is 5.96. The van der Waals surface area contributed by atoms with Crippen LogP contribution in [0.4, 0.5) is 0 Å². The van der Waals surface area contributed by atoms with Gasteiger partial charge >= 0.3 is 0 Å². The minimum Gasteiger partial charge on any atom is -0.469 e. The van der Waals surface area contributed by atoms with Gasteiger partial charge in [-0.15, -0.1) is 6.58 Å². The molecule has 0 aliphatic rings. The van der Waals surface area contributed by atoms with Crippen LogP contribution >= 0.6 is 0 Å². The van der Waals surface area contributed by atoms with Crippen molar-refractivity contribution in [3.8, 4) is 0 Å². The predicted molar refractivity (Wildman–Crippen MR) is 65.7 cm³/mol. The Bertz CT molecular complexity index is 336.